The Balaban J connectivity index is 1.88. The van der Waals surface area contributed by atoms with Gasteiger partial charge in [0.05, 0.1) is 19.1 Å². The first-order chi connectivity index (χ1) is 9.08. The van der Waals surface area contributed by atoms with Gasteiger partial charge in [-0.15, -0.1) is 0 Å². The number of nitrogens with zero attached hydrogens (tertiary/aromatic N) is 2. The molecule has 0 aliphatic carbocycles. The summed E-state index contributed by atoms with van der Waals surface area (Å²) in [5, 5.41) is 8.78. The van der Waals surface area contributed by atoms with Crippen LogP contribution >= 0.6 is 11.8 Å². The SMILES string of the molecule is CN(C(=O)N1CCOC(CC(=O)O)C1)C1CCSC1. The third kappa shape index (κ3) is 3.76. The summed E-state index contributed by atoms with van der Waals surface area (Å²) in [5.74, 6) is 1.21. The van der Waals surface area contributed by atoms with Crippen LogP contribution in [0, 0.1) is 0 Å². The summed E-state index contributed by atoms with van der Waals surface area (Å²) in [6.07, 6.45) is 0.601. The van der Waals surface area contributed by atoms with Crippen molar-refractivity contribution in [3.63, 3.8) is 0 Å². The number of hydrogen-bond acceptors (Lipinski definition) is 4. The minimum atomic E-state index is -0.889. The van der Waals surface area contributed by atoms with Gasteiger partial charge >= 0.3 is 12.0 Å². The van der Waals surface area contributed by atoms with E-state index in [1.54, 1.807) is 9.80 Å². The van der Waals surface area contributed by atoms with Gasteiger partial charge in [0.15, 0.2) is 0 Å². The van der Waals surface area contributed by atoms with E-state index in [0.29, 0.717) is 25.7 Å². The molecule has 2 rings (SSSR count). The molecule has 0 aromatic rings. The van der Waals surface area contributed by atoms with E-state index >= 15 is 0 Å². The lowest BCUT2D eigenvalue weighted by Gasteiger charge is -2.36. The summed E-state index contributed by atoms with van der Waals surface area (Å²) in [6, 6.07) is 0.296. The van der Waals surface area contributed by atoms with Crippen LogP contribution in [0.4, 0.5) is 4.79 Å². The average Bonchev–Trinajstić information content (AvgIpc) is 2.90. The third-order valence-corrected chi connectivity index (χ3v) is 4.71. The summed E-state index contributed by atoms with van der Waals surface area (Å²) >= 11 is 1.87. The van der Waals surface area contributed by atoms with Crippen molar-refractivity contribution < 1.29 is 19.4 Å². The molecule has 2 unspecified atom stereocenters. The fourth-order valence-electron chi connectivity index (χ4n) is 2.42. The molecule has 1 N–H and O–H groups in total. The quantitative estimate of drug-likeness (QED) is 0.828. The highest BCUT2D eigenvalue weighted by Gasteiger charge is 2.31. The molecular weight excluding hydrogens is 268 g/mol. The minimum Gasteiger partial charge on any atom is -0.481 e. The zero-order valence-electron chi connectivity index (χ0n) is 11.1. The van der Waals surface area contributed by atoms with Gasteiger partial charge in [0.25, 0.3) is 0 Å². The van der Waals surface area contributed by atoms with Crippen molar-refractivity contribution in [3.05, 3.63) is 0 Å². The second-order valence-electron chi connectivity index (χ2n) is 4.95. The van der Waals surface area contributed by atoms with Gasteiger partial charge in [0, 0.05) is 31.9 Å². The molecule has 2 heterocycles. The van der Waals surface area contributed by atoms with E-state index < -0.39 is 5.97 Å². The van der Waals surface area contributed by atoms with Crippen molar-refractivity contribution in [2.24, 2.45) is 0 Å². The van der Waals surface area contributed by atoms with Crippen LogP contribution in [0.1, 0.15) is 12.8 Å². The van der Waals surface area contributed by atoms with Crippen LogP contribution in [-0.4, -0.2) is 77.3 Å². The monoisotopic (exact) mass is 288 g/mol. The van der Waals surface area contributed by atoms with E-state index in [0.717, 1.165) is 17.9 Å². The number of carboxylic acids is 1. The summed E-state index contributed by atoms with van der Waals surface area (Å²) in [5.41, 5.74) is 0. The molecule has 0 bridgehead atoms. The highest BCUT2D eigenvalue weighted by molar-refractivity contribution is 7.99. The van der Waals surface area contributed by atoms with Crippen LogP contribution in [0.15, 0.2) is 0 Å². The maximum Gasteiger partial charge on any atom is 0.320 e. The maximum atomic E-state index is 12.4. The number of thioether (sulfide) groups is 1. The molecule has 0 spiro atoms. The van der Waals surface area contributed by atoms with E-state index in [2.05, 4.69) is 0 Å². The number of carbonyl (C=O) groups excluding carboxylic acids is 1. The second-order valence-corrected chi connectivity index (χ2v) is 6.10. The number of hydrogen-bond donors (Lipinski definition) is 1. The topological polar surface area (TPSA) is 70.1 Å². The second kappa shape index (κ2) is 6.47. The lowest BCUT2D eigenvalue weighted by atomic mass is 10.2. The Morgan fingerprint density at radius 1 is 1.53 bits per heavy atom. The normalized spacial score (nSPS) is 27.3. The van der Waals surface area contributed by atoms with Crippen molar-refractivity contribution in [3.8, 4) is 0 Å². The van der Waals surface area contributed by atoms with Crippen LogP contribution in [0.25, 0.3) is 0 Å². The number of urea groups is 1. The Kier molecular flexibility index (Phi) is 4.93. The lowest BCUT2D eigenvalue weighted by Crippen LogP contribution is -2.52. The van der Waals surface area contributed by atoms with Crippen LogP contribution in [0.3, 0.4) is 0 Å². The largest absolute Gasteiger partial charge is 0.481 e. The summed E-state index contributed by atoms with van der Waals surface area (Å²) in [7, 11) is 1.83. The molecule has 0 aromatic heterocycles. The molecule has 2 amide bonds. The predicted molar refractivity (Wildman–Crippen MR) is 72.5 cm³/mol. The van der Waals surface area contributed by atoms with Gasteiger partial charge in [-0.1, -0.05) is 0 Å². The van der Waals surface area contributed by atoms with Crippen molar-refractivity contribution in [1.82, 2.24) is 9.80 Å². The molecular formula is C12H20N2O4S. The van der Waals surface area contributed by atoms with Gasteiger partial charge in [-0.05, 0) is 12.2 Å². The zero-order chi connectivity index (χ0) is 13.8. The van der Waals surface area contributed by atoms with Crippen LogP contribution in [-0.2, 0) is 9.53 Å². The Bertz CT molecular complexity index is 347. The zero-order valence-corrected chi connectivity index (χ0v) is 11.9. The van der Waals surface area contributed by atoms with E-state index in [9.17, 15) is 9.59 Å². The van der Waals surface area contributed by atoms with E-state index in [-0.39, 0.29) is 18.6 Å². The average molecular weight is 288 g/mol. The number of carboxylic acid groups (broad SMARTS) is 1. The third-order valence-electron chi connectivity index (χ3n) is 3.57. The molecule has 2 aliphatic heterocycles. The van der Waals surface area contributed by atoms with E-state index in [1.165, 1.54) is 0 Å². The van der Waals surface area contributed by atoms with Gasteiger partial charge in [0.2, 0.25) is 0 Å². The van der Waals surface area contributed by atoms with E-state index in [4.69, 9.17) is 9.84 Å². The highest BCUT2D eigenvalue weighted by Crippen LogP contribution is 2.22. The fourth-order valence-corrected chi connectivity index (χ4v) is 3.69. The first kappa shape index (κ1) is 14.5. The van der Waals surface area contributed by atoms with Crippen molar-refractivity contribution in [2.45, 2.75) is 25.0 Å². The fraction of sp³-hybridized carbons (Fsp3) is 0.833. The molecule has 2 saturated heterocycles. The number of ether oxygens (including phenoxy) is 1. The van der Waals surface area contributed by atoms with Crippen molar-refractivity contribution in [1.29, 1.82) is 0 Å². The lowest BCUT2D eigenvalue weighted by molar-refractivity contribution is -0.141. The Hall–Kier alpha value is -0.950. The molecule has 0 saturated carbocycles. The molecule has 2 aliphatic rings. The van der Waals surface area contributed by atoms with Gasteiger partial charge in [-0.2, -0.15) is 11.8 Å². The maximum absolute atomic E-state index is 12.4. The highest BCUT2D eigenvalue weighted by atomic mass is 32.2. The smallest absolute Gasteiger partial charge is 0.320 e. The van der Waals surface area contributed by atoms with Crippen molar-refractivity contribution in [2.75, 3.05) is 38.2 Å². The van der Waals surface area contributed by atoms with Gasteiger partial charge in [-0.25, -0.2) is 4.79 Å². The van der Waals surface area contributed by atoms with E-state index in [1.807, 2.05) is 18.8 Å². The van der Waals surface area contributed by atoms with Crippen molar-refractivity contribution >= 4 is 23.8 Å². The molecule has 7 heteroatoms. The molecule has 19 heavy (non-hydrogen) atoms. The van der Waals surface area contributed by atoms with Gasteiger partial charge < -0.3 is 19.6 Å². The molecule has 2 fully saturated rings. The van der Waals surface area contributed by atoms with Gasteiger partial charge in [0.1, 0.15) is 0 Å². The van der Waals surface area contributed by atoms with Crippen LogP contribution in [0.5, 0.6) is 0 Å². The Morgan fingerprint density at radius 3 is 2.95 bits per heavy atom. The van der Waals surface area contributed by atoms with Crippen LogP contribution < -0.4 is 0 Å². The molecule has 2 atom stereocenters. The number of carbonyl (C=O) groups is 2. The predicted octanol–water partition coefficient (Wildman–Crippen LogP) is 0.719. The number of morpholine rings is 1. The first-order valence-corrected chi connectivity index (χ1v) is 7.66. The standard InChI is InChI=1S/C12H20N2O4S/c1-13(9-2-5-19-8-9)12(17)14-3-4-18-10(7-14)6-11(15)16/h9-10H,2-8H2,1H3,(H,15,16). The summed E-state index contributed by atoms with van der Waals surface area (Å²) in [6.45, 7) is 1.32. The Morgan fingerprint density at radius 2 is 2.32 bits per heavy atom. The first-order valence-electron chi connectivity index (χ1n) is 6.51. The van der Waals surface area contributed by atoms with Gasteiger partial charge in [-0.3, -0.25) is 4.79 Å². The summed E-state index contributed by atoms with van der Waals surface area (Å²) < 4.78 is 5.38. The molecule has 6 nitrogen and oxygen atoms in total. The molecule has 0 aromatic carbocycles. The Labute approximate surface area is 117 Å². The number of rotatable bonds is 3. The molecule has 0 radical (unpaired) electrons. The number of aliphatic carboxylic acids is 1. The number of amides is 2. The molecule has 108 valence electrons. The summed E-state index contributed by atoms with van der Waals surface area (Å²) in [4.78, 5) is 26.5. The minimum absolute atomic E-state index is 0.00816. The van der Waals surface area contributed by atoms with Crippen LogP contribution in [0.2, 0.25) is 0 Å².